The first kappa shape index (κ1) is 17.1. The number of fused-ring (bicyclic) bond motifs is 1. The third-order valence-electron chi connectivity index (χ3n) is 5.22. The fraction of sp³-hybridized carbons (Fsp3) is 0.647. The van der Waals surface area contributed by atoms with Crippen LogP contribution in [0.3, 0.4) is 0 Å². The van der Waals surface area contributed by atoms with Crippen molar-refractivity contribution < 1.29 is 0 Å². The highest BCUT2D eigenvalue weighted by atomic mass is 35.5. The van der Waals surface area contributed by atoms with Gasteiger partial charge in [-0.15, -0.1) is 0 Å². The summed E-state index contributed by atoms with van der Waals surface area (Å²) in [6, 6.07) is 0. The van der Waals surface area contributed by atoms with E-state index in [0.29, 0.717) is 10.2 Å². The highest BCUT2D eigenvalue weighted by molar-refractivity contribution is 7.21. The lowest BCUT2D eigenvalue weighted by atomic mass is 9.89. The molecule has 1 saturated heterocycles. The van der Waals surface area contributed by atoms with Crippen molar-refractivity contribution in [1.29, 1.82) is 0 Å². The summed E-state index contributed by atoms with van der Waals surface area (Å²) in [6.07, 6.45) is 8.42. The van der Waals surface area contributed by atoms with E-state index in [1.807, 2.05) is 0 Å². The Bertz CT molecular complexity index is 799. The van der Waals surface area contributed by atoms with E-state index in [2.05, 4.69) is 24.8 Å². The average molecular weight is 380 g/mol. The molecule has 2 aromatic heterocycles. The maximum Gasteiger partial charge on any atom is 0.284 e. The summed E-state index contributed by atoms with van der Waals surface area (Å²) in [4.78, 5) is 29.9. The lowest BCUT2D eigenvalue weighted by Crippen LogP contribution is -2.48. The summed E-state index contributed by atoms with van der Waals surface area (Å²) in [5, 5.41) is 1.34. The molecule has 0 unspecified atom stereocenters. The van der Waals surface area contributed by atoms with Crippen molar-refractivity contribution in [3.8, 4) is 0 Å². The van der Waals surface area contributed by atoms with E-state index in [9.17, 15) is 4.79 Å². The van der Waals surface area contributed by atoms with E-state index < -0.39 is 0 Å². The molecule has 8 heteroatoms. The molecule has 6 nitrogen and oxygen atoms in total. The number of hydrogen-bond donors (Lipinski definition) is 0. The predicted molar refractivity (Wildman–Crippen MR) is 102 cm³/mol. The molecule has 134 valence electrons. The number of aromatic nitrogens is 3. The molecule has 3 heterocycles. The minimum atomic E-state index is -0.273. The maximum absolute atomic E-state index is 12.2. The Morgan fingerprint density at radius 3 is 2.64 bits per heavy atom. The molecule has 0 radical (unpaired) electrons. The van der Waals surface area contributed by atoms with Crippen LogP contribution < -0.4 is 10.5 Å². The Kier molecular flexibility index (Phi) is 5.15. The van der Waals surface area contributed by atoms with Crippen LogP contribution in [-0.2, 0) is 0 Å². The Labute approximate surface area is 155 Å². The summed E-state index contributed by atoms with van der Waals surface area (Å²) >= 11 is 7.28. The third kappa shape index (κ3) is 3.93. The van der Waals surface area contributed by atoms with Gasteiger partial charge in [-0.1, -0.05) is 30.6 Å². The van der Waals surface area contributed by atoms with Gasteiger partial charge < -0.3 is 4.90 Å². The minimum Gasteiger partial charge on any atom is -0.345 e. The number of nitrogens with zero attached hydrogens (tertiary/aromatic N) is 5. The van der Waals surface area contributed by atoms with Gasteiger partial charge in [0.2, 0.25) is 5.28 Å². The first-order chi connectivity index (χ1) is 12.2. The van der Waals surface area contributed by atoms with Crippen molar-refractivity contribution in [3.63, 3.8) is 0 Å². The van der Waals surface area contributed by atoms with Crippen LogP contribution >= 0.6 is 22.9 Å². The summed E-state index contributed by atoms with van der Waals surface area (Å²) in [7, 11) is 0. The molecule has 1 aliphatic heterocycles. The van der Waals surface area contributed by atoms with Crippen molar-refractivity contribution in [2.24, 2.45) is 5.92 Å². The second-order valence-corrected chi connectivity index (χ2v) is 8.25. The standard InChI is InChI=1S/C17H22ClN5OS/c18-16-19-10-13-14(24)20-17(25-15(13)21-16)23-8-6-22(7-9-23)11-12-4-2-1-3-5-12/h10,12H,1-9,11H2. The van der Waals surface area contributed by atoms with E-state index in [4.69, 9.17) is 11.6 Å². The highest BCUT2D eigenvalue weighted by Crippen LogP contribution is 2.26. The largest absolute Gasteiger partial charge is 0.345 e. The van der Waals surface area contributed by atoms with Gasteiger partial charge in [0.1, 0.15) is 4.83 Å². The van der Waals surface area contributed by atoms with Gasteiger partial charge in [0, 0.05) is 38.9 Å². The zero-order valence-corrected chi connectivity index (χ0v) is 15.7. The van der Waals surface area contributed by atoms with Gasteiger partial charge in [0.05, 0.1) is 5.39 Å². The Balaban J connectivity index is 1.43. The smallest absolute Gasteiger partial charge is 0.284 e. The molecule has 4 rings (SSSR count). The van der Waals surface area contributed by atoms with Crippen LogP contribution in [0.5, 0.6) is 0 Å². The quantitative estimate of drug-likeness (QED) is 0.764. The topological polar surface area (TPSA) is 62.2 Å². The van der Waals surface area contributed by atoms with Crippen LogP contribution in [0.25, 0.3) is 10.2 Å². The summed E-state index contributed by atoms with van der Waals surface area (Å²) in [5.74, 6) is 0.869. The fourth-order valence-electron chi connectivity index (χ4n) is 3.82. The monoisotopic (exact) mass is 379 g/mol. The number of halogens is 1. The summed E-state index contributed by atoms with van der Waals surface area (Å²) in [5.41, 5.74) is -0.273. The van der Waals surface area contributed by atoms with E-state index in [1.165, 1.54) is 56.2 Å². The van der Waals surface area contributed by atoms with Crippen LogP contribution in [0.15, 0.2) is 11.0 Å². The number of rotatable bonds is 3. The lowest BCUT2D eigenvalue weighted by molar-refractivity contribution is 0.192. The van der Waals surface area contributed by atoms with Crippen LogP contribution in [0.1, 0.15) is 32.1 Å². The van der Waals surface area contributed by atoms with Crippen molar-refractivity contribution in [1.82, 2.24) is 19.9 Å². The maximum atomic E-state index is 12.2. The van der Waals surface area contributed by atoms with E-state index in [-0.39, 0.29) is 10.8 Å². The van der Waals surface area contributed by atoms with Crippen molar-refractivity contribution >= 4 is 38.3 Å². The van der Waals surface area contributed by atoms with Gasteiger partial charge in [-0.05, 0) is 30.4 Å². The first-order valence-electron chi connectivity index (χ1n) is 9.00. The molecule has 2 fully saturated rings. The Hall–Kier alpha value is -1.31. The van der Waals surface area contributed by atoms with Gasteiger partial charge in [0.25, 0.3) is 5.56 Å². The number of piperazine rings is 1. The Morgan fingerprint density at radius 2 is 1.88 bits per heavy atom. The van der Waals surface area contributed by atoms with Gasteiger partial charge in [0.15, 0.2) is 5.13 Å². The van der Waals surface area contributed by atoms with Crippen LogP contribution in [0, 0.1) is 5.92 Å². The number of hydrogen-bond acceptors (Lipinski definition) is 7. The second-order valence-electron chi connectivity index (χ2n) is 6.95. The Morgan fingerprint density at radius 1 is 1.12 bits per heavy atom. The van der Waals surface area contributed by atoms with E-state index in [0.717, 1.165) is 37.2 Å². The van der Waals surface area contributed by atoms with Crippen molar-refractivity contribution in [2.45, 2.75) is 32.1 Å². The zero-order chi connectivity index (χ0) is 17.2. The van der Waals surface area contributed by atoms with E-state index in [1.54, 1.807) is 0 Å². The molecule has 0 bridgehead atoms. The highest BCUT2D eigenvalue weighted by Gasteiger charge is 2.23. The molecule has 0 amide bonds. The molecule has 1 aliphatic carbocycles. The molecule has 1 saturated carbocycles. The third-order valence-corrected chi connectivity index (χ3v) is 6.44. The molecule has 0 aromatic carbocycles. The zero-order valence-electron chi connectivity index (χ0n) is 14.2. The van der Waals surface area contributed by atoms with Crippen LogP contribution in [0.2, 0.25) is 5.28 Å². The van der Waals surface area contributed by atoms with E-state index >= 15 is 0 Å². The lowest BCUT2D eigenvalue weighted by Gasteiger charge is -2.37. The molecule has 25 heavy (non-hydrogen) atoms. The fourth-order valence-corrected chi connectivity index (χ4v) is 5.00. The SMILES string of the molecule is O=c1nc(N2CCN(CC3CCCCC3)CC2)sc2nc(Cl)ncc12. The molecule has 0 spiro atoms. The van der Waals surface area contributed by atoms with Crippen LogP contribution in [-0.4, -0.2) is 52.6 Å². The van der Waals surface area contributed by atoms with Gasteiger partial charge in [-0.25, -0.2) is 9.97 Å². The van der Waals surface area contributed by atoms with Gasteiger partial charge in [-0.3, -0.25) is 9.69 Å². The molecule has 2 aromatic rings. The molecular formula is C17H22ClN5OS. The van der Waals surface area contributed by atoms with Crippen LogP contribution in [0.4, 0.5) is 5.13 Å². The van der Waals surface area contributed by atoms with Crippen molar-refractivity contribution in [2.75, 3.05) is 37.6 Å². The van der Waals surface area contributed by atoms with Gasteiger partial charge in [-0.2, -0.15) is 4.98 Å². The molecule has 0 N–H and O–H groups in total. The average Bonchev–Trinajstić information content (AvgIpc) is 2.63. The van der Waals surface area contributed by atoms with Gasteiger partial charge >= 0.3 is 0 Å². The molecule has 0 atom stereocenters. The summed E-state index contributed by atoms with van der Waals surface area (Å²) < 4.78 is 0. The number of anilines is 1. The second kappa shape index (κ2) is 7.51. The van der Waals surface area contributed by atoms with Crippen molar-refractivity contribution in [3.05, 3.63) is 21.8 Å². The first-order valence-corrected chi connectivity index (χ1v) is 10.2. The molecular weight excluding hydrogens is 358 g/mol. The molecule has 2 aliphatic rings. The summed E-state index contributed by atoms with van der Waals surface area (Å²) in [6.45, 7) is 5.08. The normalized spacial score (nSPS) is 20.3. The predicted octanol–water partition coefficient (Wildman–Crippen LogP) is 2.80. The minimum absolute atomic E-state index is 0.164.